The molecule has 0 fully saturated rings. The largest absolute Gasteiger partial charge is 0.326 e. The standard InChI is InChI=1S/C18H20FN7O2S2/c1-3-4-16-23-24-17(30-16)21-15(28)10-29-18-25-22-13(26(18)2)9-14(27)20-12-7-5-11(19)6-8-12/h5-8H,3-4,9-10H2,1-2H3,(H,20,27)(H,21,24,28). The van der Waals surface area contributed by atoms with Gasteiger partial charge >= 0.3 is 0 Å². The van der Waals surface area contributed by atoms with Crippen LogP contribution in [0, 0.1) is 5.82 Å². The zero-order valence-electron chi connectivity index (χ0n) is 16.4. The summed E-state index contributed by atoms with van der Waals surface area (Å²) in [5, 5.41) is 23.3. The van der Waals surface area contributed by atoms with Crippen molar-refractivity contribution in [1.82, 2.24) is 25.0 Å². The Hall–Kier alpha value is -2.86. The molecule has 2 heterocycles. The van der Waals surface area contributed by atoms with E-state index in [1.807, 2.05) is 0 Å². The second kappa shape index (κ2) is 10.3. The van der Waals surface area contributed by atoms with Gasteiger partial charge in [0.25, 0.3) is 0 Å². The molecule has 9 nitrogen and oxygen atoms in total. The molecular weight excluding hydrogens is 429 g/mol. The first-order valence-electron chi connectivity index (χ1n) is 9.13. The van der Waals surface area contributed by atoms with E-state index in [9.17, 15) is 14.0 Å². The van der Waals surface area contributed by atoms with E-state index in [0.29, 0.717) is 21.8 Å². The molecule has 0 spiro atoms. The van der Waals surface area contributed by atoms with Crippen molar-refractivity contribution in [2.45, 2.75) is 31.3 Å². The Morgan fingerprint density at radius 1 is 1.10 bits per heavy atom. The van der Waals surface area contributed by atoms with Crippen LogP contribution in [0.3, 0.4) is 0 Å². The van der Waals surface area contributed by atoms with Gasteiger partial charge in [-0.25, -0.2) is 4.39 Å². The van der Waals surface area contributed by atoms with Crippen molar-refractivity contribution >= 4 is 45.7 Å². The highest BCUT2D eigenvalue weighted by Gasteiger charge is 2.15. The van der Waals surface area contributed by atoms with Crippen molar-refractivity contribution < 1.29 is 14.0 Å². The third-order valence-electron chi connectivity index (χ3n) is 3.88. The lowest BCUT2D eigenvalue weighted by molar-refractivity contribution is -0.116. The topological polar surface area (TPSA) is 115 Å². The summed E-state index contributed by atoms with van der Waals surface area (Å²) >= 11 is 2.57. The smallest absolute Gasteiger partial charge is 0.236 e. The van der Waals surface area contributed by atoms with Gasteiger partial charge in [0.2, 0.25) is 16.9 Å². The number of aromatic nitrogens is 5. The van der Waals surface area contributed by atoms with Crippen molar-refractivity contribution in [3.8, 4) is 0 Å². The highest BCUT2D eigenvalue weighted by Crippen LogP contribution is 2.19. The SMILES string of the molecule is CCCc1nnc(NC(=O)CSc2nnc(CC(=O)Nc3ccc(F)cc3)n2C)s1. The third-order valence-corrected chi connectivity index (χ3v) is 5.80. The van der Waals surface area contributed by atoms with Crippen molar-refractivity contribution in [3.05, 3.63) is 40.9 Å². The molecule has 30 heavy (non-hydrogen) atoms. The molecule has 0 bridgehead atoms. The van der Waals surface area contributed by atoms with E-state index in [-0.39, 0.29) is 29.8 Å². The summed E-state index contributed by atoms with van der Waals surface area (Å²) in [6.45, 7) is 2.05. The molecule has 2 amide bonds. The number of hydrogen-bond donors (Lipinski definition) is 2. The molecule has 158 valence electrons. The Balaban J connectivity index is 1.49. The zero-order valence-corrected chi connectivity index (χ0v) is 18.0. The summed E-state index contributed by atoms with van der Waals surface area (Å²) in [4.78, 5) is 24.3. The predicted molar refractivity (Wildman–Crippen MR) is 113 cm³/mol. The number of nitrogens with one attached hydrogen (secondary N) is 2. The molecule has 0 aliphatic carbocycles. The number of halogens is 1. The number of nitrogens with zero attached hydrogens (tertiary/aromatic N) is 5. The molecule has 3 rings (SSSR count). The molecule has 0 aliphatic heterocycles. The second-order valence-electron chi connectivity index (χ2n) is 6.28. The van der Waals surface area contributed by atoms with E-state index >= 15 is 0 Å². The van der Waals surface area contributed by atoms with Crippen LogP contribution < -0.4 is 10.6 Å². The Bertz CT molecular complexity index is 1020. The lowest BCUT2D eigenvalue weighted by atomic mass is 10.3. The summed E-state index contributed by atoms with van der Waals surface area (Å²) in [5.41, 5.74) is 0.494. The molecule has 0 unspecified atom stereocenters. The van der Waals surface area contributed by atoms with Crippen LogP contribution in [0.4, 0.5) is 15.2 Å². The molecule has 0 aliphatic rings. The second-order valence-corrected chi connectivity index (χ2v) is 8.28. The summed E-state index contributed by atoms with van der Waals surface area (Å²) in [7, 11) is 1.72. The number of hydrogen-bond acceptors (Lipinski definition) is 8. The highest BCUT2D eigenvalue weighted by atomic mass is 32.2. The van der Waals surface area contributed by atoms with Gasteiger partial charge in [0.15, 0.2) is 5.16 Å². The average Bonchev–Trinajstić information content (AvgIpc) is 3.29. The van der Waals surface area contributed by atoms with Gasteiger partial charge in [-0.2, -0.15) is 0 Å². The van der Waals surface area contributed by atoms with E-state index in [1.54, 1.807) is 11.6 Å². The lowest BCUT2D eigenvalue weighted by Gasteiger charge is -2.06. The molecule has 1 aromatic carbocycles. The first-order chi connectivity index (χ1) is 14.4. The summed E-state index contributed by atoms with van der Waals surface area (Å²) < 4.78 is 14.6. The number of anilines is 2. The van der Waals surface area contributed by atoms with Crippen LogP contribution in [-0.4, -0.2) is 42.5 Å². The van der Waals surface area contributed by atoms with Gasteiger partial charge in [-0.05, 0) is 30.7 Å². The van der Waals surface area contributed by atoms with Gasteiger partial charge in [-0.15, -0.1) is 20.4 Å². The molecule has 0 radical (unpaired) electrons. The number of amides is 2. The number of carbonyl (C=O) groups excluding carboxylic acids is 2. The maximum absolute atomic E-state index is 12.9. The fraction of sp³-hybridized carbons (Fsp3) is 0.333. The Labute approximate surface area is 180 Å². The minimum atomic E-state index is -0.375. The number of aryl methyl sites for hydroxylation is 1. The normalized spacial score (nSPS) is 10.8. The quantitative estimate of drug-likeness (QED) is 0.483. The van der Waals surface area contributed by atoms with E-state index in [2.05, 4.69) is 38.0 Å². The van der Waals surface area contributed by atoms with Crippen molar-refractivity contribution in [2.75, 3.05) is 16.4 Å². The molecule has 3 aromatic rings. The minimum absolute atomic E-state index is 0.00137. The Kier molecular flexibility index (Phi) is 7.46. The van der Waals surface area contributed by atoms with E-state index in [1.165, 1.54) is 47.4 Å². The van der Waals surface area contributed by atoms with Crippen LogP contribution in [0.1, 0.15) is 24.2 Å². The highest BCUT2D eigenvalue weighted by molar-refractivity contribution is 7.99. The molecule has 12 heteroatoms. The van der Waals surface area contributed by atoms with Crippen LogP contribution in [0.15, 0.2) is 29.4 Å². The van der Waals surface area contributed by atoms with Crippen LogP contribution in [0.2, 0.25) is 0 Å². The van der Waals surface area contributed by atoms with Crippen molar-refractivity contribution in [3.63, 3.8) is 0 Å². The molecule has 0 saturated carbocycles. The first-order valence-corrected chi connectivity index (χ1v) is 10.9. The number of benzene rings is 1. The molecule has 2 aromatic heterocycles. The molecule has 0 atom stereocenters. The van der Waals surface area contributed by atoms with Crippen molar-refractivity contribution in [2.24, 2.45) is 7.05 Å². The summed E-state index contributed by atoms with van der Waals surface area (Å²) in [5.74, 6) is -0.329. The monoisotopic (exact) mass is 449 g/mol. The minimum Gasteiger partial charge on any atom is -0.326 e. The average molecular weight is 450 g/mol. The van der Waals surface area contributed by atoms with E-state index in [4.69, 9.17) is 0 Å². The maximum atomic E-state index is 12.9. The Morgan fingerprint density at radius 2 is 1.87 bits per heavy atom. The van der Waals surface area contributed by atoms with Crippen molar-refractivity contribution in [1.29, 1.82) is 0 Å². The number of rotatable bonds is 9. The lowest BCUT2D eigenvalue weighted by Crippen LogP contribution is -2.17. The van der Waals surface area contributed by atoms with E-state index in [0.717, 1.165) is 17.8 Å². The zero-order chi connectivity index (χ0) is 21.5. The fourth-order valence-electron chi connectivity index (χ4n) is 2.41. The van der Waals surface area contributed by atoms with Crippen LogP contribution >= 0.6 is 23.1 Å². The van der Waals surface area contributed by atoms with Crippen LogP contribution in [-0.2, 0) is 29.5 Å². The van der Waals surface area contributed by atoms with Gasteiger partial charge in [0.05, 0.1) is 12.2 Å². The first kappa shape index (κ1) is 21.8. The van der Waals surface area contributed by atoms with Gasteiger partial charge in [0.1, 0.15) is 16.6 Å². The third kappa shape index (κ3) is 6.07. The number of thioether (sulfide) groups is 1. The van der Waals surface area contributed by atoms with Gasteiger partial charge in [-0.3, -0.25) is 14.9 Å². The summed E-state index contributed by atoms with van der Waals surface area (Å²) in [6.07, 6.45) is 1.80. The van der Waals surface area contributed by atoms with Gasteiger partial charge < -0.3 is 9.88 Å². The van der Waals surface area contributed by atoms with E-state index < -0.39 is 0 Å². The maximum Gasteiger partial charge on any atom is 0.236 e. The molecule has 0 saturated heterocycles. The van der Waals surface area contributed by atoms with Gasteiger partial charge in [-0.1, -0.05) is 30.0 Å². The molecule has 2 N–H and O–H groups in total. The fourth-order valence-corrected chi connectivity index (χ4v) is 4.00. The predicted octanol–water partition coefficient (Wildman–Crippen LogP) is 2.67. The van der Waals surface area contributed by atoms with Crippen LogP contribution in [0.5, 0.6) is 0 Å². The van der Waals surface area contributed by atoms with Gasteiger partial charge in [0, 0.05) is 19.2 Å². The number of carbonyl (C=O) groups is 2. The summed E-state index contributed by atoms with van der Waals surface area (Å²) in [6, 6.07) is 5.49. The molecular formula is C18H20FN7O2S2. The Morgan fingerprint density at radius 3 is 2.60 bits per heavy atom. The van der Waals surface area contributed by atoms with Crippen LogP contribution in [0.25, 0.3) is 0 Å².